The average molecular weight is 850 g/mol. The first-order chi connectivity index (χ1) is 23.9. The van der Waals surface area contributed by atoms with Gasteiger partial charge in [0, 0.05) is 25.2 Å². The normalized spacial score (nSPS) is 24.4. The number of alkyl halides is 1. The van der Waals surface area contributed by atoms with Gasteiger partial charge in [-0.2, -0.15) is 0 Å². The standard InChI is InChI=1S/C36H77BrO11Si3/c1-14-17-21-39-26-30(41-23-19-16-3)31(27-40-22-18-15-2)45-35(42-24-20-37)28(4)43-36-34(48-51(11,12)13)33(47-50(8,9)10)32(29(25-38)44-36)46-49(5,6)7/h28-36,38H,14-27H2,1-13H3/t28-,29?,30+,31?,32-,33?,34-,35+,36+/m1/s1. The third-order valence-corrected chi connectivity index (χ3v) is 11.0. The highest BCUT2D eigenvalue weighted by Crippen LogP contribution is 2.35. The summed E-state index contributed by atoms with van der Waals surface area (Å²) in [6, 6.07) is 0. The van der Waals surface area contributed by atoms with Crippen molar-refractivity contribution in [1.29, 1.82) is 0 Å². The first-order valence-electron chi connectivity index (χ1n) is 19.4. The van der Waals surface area contributed by atoms with E-state index >= 15 is 0 Å². The van der Waals surface area contributed by atoms with E-state index in [1.165, 1.54) is 0 Å². The van der Waals surface area contributed by atoms with Crippen molar-refractivity contribution >= 4 is 40.9 Å². The van der Waals surface area contributed by atoms with Crippen LogP contribution in [0.25, 0.3) is 0 Å². The number of rotatable bonds is 30. The van der Waals surface area contributed by atoms with Crippen molar-refractivity contribution in [1.82, 2.24) is 0 Å². The van der Waals surface area contributed by atoms with Crippen LogP contribution in [0, 0.1) is 0 Å². The van der Waals surface area contributed by atoms with Gasteiger partial charge in [-0.1, -0.05) is 56.0 Å². The highest BCUT2D eigenvalue weighted by Gasteiger charge is 2.52. The molecule has 1 N–H and O–H groups in total. The molecule has 1 saturated heterocycles. The Labute approximate surface area is 323 Å². The Balaban J connectivity index is 3.52. The molecule has 0 aromatic heterocycles. The Hall–Kier alpha value is 0.691. The third kappa shape index (κ3) is 21.5. The fourth-order valence-corrected chi connectivity index (χ4v) is 8.86. The highest BCUT2D eigenvalue weighted by molar-refractivity contribution is 9.09. The molecule has 0 aliphatic carbocycles. The molecule has 1 aliphatic heterocycles. The number of aliphatic hydroxyl groups excluding tert-OH is 1. The Morgan fingerprint density at radius 1 is 0.647 bits per heavy atom. The number of halogens is 1. The maximum Gasteiger partial charge on any atom is 0.186 e. The molecular formula is C36H77BrO11Si3. The minimum atomic E-state index is -2.17. The number of unbranched alkanes of at least 4 members (excludes halogenated alkanes) is 3. The van der Waals surface area contributed by atoms with Crippen LogP contribution in [0.5, 0.6) is 0 Å². The monoisotopic (exact) mass is 848 g/mol. The van der Waals surface area contributed by atoms with Gasteiger partial charge in [-0.15, -0.1) is 0 Å². The molecule has 9 atom stereocenters. The number of aliphatic hydroxyl groups is 1. The Kier molecular flexibility index (Phi) is 25.1. The van der Waals surface area contributed by atoms with Gasteiger partial charge in [0.1, 0.15) is 42.7 Å². The summed E-state index contributed by atoms with van der Waals surface area (Å²) in [6.07, 6.45) is 0.562. The predicted octanol–water partition coefficient (Wildman–Crippen LogP) is 7.71. The summed E-state index contributed by atoms with van der Waals surface area (Å²) in [4.78, 5) is 0. The third-order valence-electron chi connectivity index (χ3n) is 7.73. The van der Waals surface area contributed by atoms with E-state index in [0.29, 0.717) is 45.0 Å². The van der Waals surface area contributed by atoms with E-state index in [1.807, 2.05) is 6.92 Å². The topological polar surface area (TPSA) is 113 Å². The van der Waals surface area contributed by atoms with Crippen molar-refractivity contribution in [3.05, 3.63) is 0 Å². The number of ether oxygens (including phenoxy) is 7. The van der Waals surface area contributed by atoms with Crippen LogP contribution in [0.1, 0.15) is 66.2 Å². The molecule has 0 bridgehead atoms. The summed E-state index contributed by atoms with van der Waals surface area (Å²) in [7, 11) is -6.39. The molecule has 306 valence electrons. The van der Waals surface area contributed by atoms with Crippen molar-refractivity contribution < 1.29 is 51.5 Å². The molecule has 11 nitrogen and oxygen atoms in total. The Morgan fingerprint density at radius 2 is 1.14 bits per heavy atom. The van der Waals surface area contributed by atoms with Crippen molar-refractivity contribution in [3.63, 3.8) is 0 Å². The molecule has 0 amide bonds. The lowest BCUT2D eigenvalue weighted by atomic mass is 9.99. The molecule has 0 saturated carbocycles. The van der Waals surface area contributed by atoms with Gasteiger partial charge in [-0.05, 0) is 85.1 Å². The average Bonchev–Trinajstić information content (AvgIpc) is 3.02. The molecule has 0 radical (unpaired) electrons. The molecule has 3 unspecified atom stereocenters. The van der Waals surface area contributed by atoms with Gasteiger partial charge in [0.15, 0.2) is 37.5 Å². The number of hydrogen-bond donors (Lipinski definition) is 1. The van der Waals surface area contributed by atoms with Crippen LogP contribution in [-0.2, 0) is 46.4 Å². The molecule has 51 heavy (non-hydrogen) atoms. The van der Waals surface area contributed by atoms with E-state index in [9.17, 15) is 5.11 Å². The largest absolute Gasteiger partial charge is 0.409 e. The molecule has 1 rings (SSSR count). The molecule has 15 heteroatoms. The predicted molar refractivity (Wildman–Crippen MR) is 215 cm³/mol. The zero-order valence-electron chi connectivity index (χ0n) is 34.5. The molecule has 0 aromatic carbocycles. The first-order valence-corrected chi connectivity index (χ1v) is 30.8. The fraction of sp³-hybridized carbons (Fsp3) is 1.00. The minimum Gasteiger partial charge on any atom is -0.409 e. The van der Waals surface area contributed by atoms with Crippen molar-refractivity contribution in [2.45, 2.75) is 180 Å². The second-order valence-electron chi connectivity index (χ2n) is 16.4. The van der Waals surface area contributed by atoms with Gasteiger partial charge < -0.3 is 51.5 Å². The SMILES string of the molecule is CCCCOCC(O[C@H](OCCBr)[C@@H](C)O[C@H]1OC(CO)[C@@H](O[Si](C)(C)C)C(O[Si](C)(C)C)[C@H]1O[Si](C)(C)C)[C@H](COCCCC)OCCCC. The van der Waals surface area contributed by atoms with Crippen molar-refractivity contribution in [2.24, 2.45) is 0 Å². The summed E-state index contributed by atoms with van der Waals surface area (Å²) in [6.45, 7) is 30.4. The summed E-state index contributed by atoms with van der Waals surface area (Å²) >= 11 is 3.51. The zero-order valence-corrected chi connectivity index (χ0v) is 39.1. The van der Waals surface area contributed by atoms with Crippen LogP contribution in [0.4, 0.5) is 0 Å². The second-order valence-corrected chi connectivity index (χ2v) is 30.5. The lowest BCUT2D eigenvalue weighted by Crippen LogP contribution is -2.66. The quantitative estimate of drug-likeness (QED) is 0.0332. The molecule has 1 heterocycles. The second kappa shape index (κ2) is 25.8. The molecular weight excluding hydrogens is 773 g/mol. The zero-order chi connectivity index (χ0) is 38.7. The van der Waals surface area contributed by atoms with Crippen LogP contribution in [-0.4, -0.2) is 137 Å². The molecule has 0 spiro atoms. The van der Waals surface area contributed by atoms with Gasteiger partial charge in [-0.25, -0.2) is 0 Å². The van der Waals surface area contributed by atoms with Gasteiger partial charge in [0.25, 0.3) is 0 Å². The summed E-state index contributed by atoms with van der Waals surface area (Å²) in [5.41, 5.74) is 0. The van der Waals surface area contributed by atoms with E-state index < -0.39 is 74.2 Å². The lowest BCUT2D eigenvalue weighted by molar-refractivity contribution is -0.329. The van der Waals surface area contributed by atoms with Crippen molar-refractivity contribution in [2.75, 3.05) is 51.6 Å². The Morgan fingerprint density at radius 3 is 1.63 bits per heavy atom. The van der Waals surface area contributed by atoms with Gasteiger partial charge >= 0.3 is 0 Å². The van der Waals surface area contributed by atoms with Gasteiger partial charge in [0.2, 0.25) is 0 Å². The number of hydrogen-bond acceptors (Lipinski definition) is 11. The van der Waals surface area contributed by atoms with E-state index in [1.54, 1.807) is 0 Å². The Bertz CT molecular complexity index is 875. The summed E-state index contributed by atoms with van der Waals surface area (Å²) in [5.74, 6) is 0. The molecule has 0 aromatic rings. The van der Waals surface area contributed by atoms with Gasteiger partial charge in [-0.3, -0.25) is 0 Å². The maximum absolute atomic E-state index is 10.6. The van der Waals surface area contributed by atoms with Crippen LogP contribution in [0.2, 0.25) is 58.9 Å². The highest BCUT2D eigenvalue weighted by atomic mass is 79.9. The summed E-state index contributed by atoms with van der Waals surface area (Å²) in [5, 5.41) is 11.3. The van der Waals surface area contributed by atoms with Crippen molar-refractivity contribution in [3.8, 4) is 0 Å². The van der Waals surface area contributed by atoms with E-state index in [-0.39, 0.29) is 12.7 Å². The van der Waals surface area contributed by atoms with Crippen LogP contribution in [0.15, 0.2) is 0 Å². The minimum absolute atomic E-state index is 0.249. The van der Waals surface area contributed by atoms with Crippen LogP contribution in [0.3, 0.4) is 0 Å². The fourth-order valence-electron chi connectivity index (χ4n) is 5.42. The lowest BCUT2D eigenvalue weighted by Gasteiger charge is -2.50. The van der Waals surface area contributed by atoms with Crippen LogP contribution >= 0.6 is 15.9 Å². The van der Waals surface area contributed by atoms with E-state index in [0.717, 1.165) is 38.5 Å². The van der Waals surface area contributed by atoms with E-state index in [4.69, 9.17) is 46.4 Å². The summed E-state index contributed by atoms with van der Waals surface area (Å²) < 4.78 is 65.5. The molecule has 1 fully saturated rings. The maximum atomic E-state index is 10.6. The molecule has 1 aliphatic rings. The van der Waals surface area contributed by atoms with Gasteiger partial charge in [0.05, 0.1) is 26.4 Å². The smallest absolute Gasteiger partial charge is 0.186 e. The van der Waals surface area contributed by atoms with Crippen LogP contribution < -0.4 is 0 Å². The van der Waals surface area contributed by atoms with E-state index in [2.05, 4.69) is 95.6 Å². The first kappa shape index (κ1) is 49.7.